The number of hydrogen-bond donors (Lipinski definition) is 2. The third kappa shape index (κ3) is 9.59. The van der Waals surface area contributed by atoms with Gasteiger partial charge in [0.25, 0.3) is 0 Å². The molecule has 166 valence electrons. The number of nitrogens with one attached hydrogen (secondary N) is 2. The Morgan fingerprint density at radius 3 is 2.54 bits per heavy atom. The third-order valence-electron chi connectivity index (χ3n) is 5.92. The topological polar surface area (TPSA) is 52.1 Å². The summed E-state index contributed by atoms with van der Waals surface area (Å²) in [6.45, 7) is 16.5. The van der Waals surface area contributed by atoms with E-state index in [0.29, 0.717) is 12.0 Å². The molecule has 0 spiro atoms. The maximum atomic E-state index is 5.50. The average Bonchev–Trinajstić information content (AvgIpc) is 2.67. The number of morpholine rings is 1. The summed E-state index contributed by atoms with van der Waals surface area (Å²) in [5.74, 6) is 2.42. The van der Waals surface area contributed by atoms with Crippen molar-refractivity contribution in [1.82, 2.24) is 20.4 Å². The molecule has 2 rings (SSSR count). The zero-order valence-electron chi connectivity index (χ0n) is 18.6. The first-order chi connectivity index (χ1) is 13.1. The molecule has 2 aliphatic heterocycles. The van der Waals surface area contributed by atoms with E-state index in [4.69, 9.17) is 4.74 Å². The number of halogens is 1. The van der Waals surface area contributed by atoms with Crippen LogP contribution >= 0.6 is 24.0 Å². The van der Waals surface area contributed by atoms with E-state index in [9.17, 15) is 0 Å². The zero-order valence-corrected chi connectivity index (χ0v) is 20.9. The lowest BCUT2D eigenvalue weighted by molar-refractivity contribution is 0.00752. The number of aliphatic imine (C=N–C) groups is 1. The second-order valence-electron chi connectivity index (χ2n) is 8.59. The van der Waals surface area contributed by atoms with Gasteiger partial charge in [-0.05, 0) is 50.6 Å². The normalized spacial score (nSPS) is 23.3. The first-order valence-electron chi connectivity index (χ1n) is 11.1. The summed E-state index contributed by atoms with van der Waals surface area (Å²) in [5, 5.41) is 7.03. The number of ether oxygens (including phenoxy) is 1. The molecule has 2 saturated heterocycles. The Labute approximate surface area is 190 Å². The molecular weight excluding hydrogens is 465 g/mol. The fourth-order valence-electron chi connectivity index (χ4n) is 4.27. The molecule has 2 unspecified atom stereocenters. The van der Waals surface area contributed by atoms with Crippen molar-refractivity contribution in [2.75, 3.05) is 66.1 Å². The molecule has 0 amide bonds. The number of rotatable bonds is 9. The van der Waals surface area contributed by atoms with Crippen LogP contribution in [0, 0.1) is 11.8 Å². The monoisotopic (exact) mass is 509 g/mol. The summed E-state index contributed by atoms with van der Waals surface area (Å²) in [4.78, 5) is 9.59. The molecule has 7 heteroatoms. The van der Waals surface area contributed by atoms with Crippen molar-refractivity contribution in [1.29, 1.82) is 0 Å². The van der Waals surface area contributed by atoms with Crippen LogP contribution < -0.4 is 10.6 Å². The quantitative estimate of drug-likeness (QED) is 0.217. The van der Waals surface area contributed by atoms with Gasteiger partial charge in [-0.1, -0.05) is 20.8 Å². The third-order valence-corrected chi connectivity index (χ3v) is 5.92. The molecule has 2 N–H and O–H groups in total. The van der Waals surface area contributed by atoms with Gasteiger partial charge in [0.1, 0.15) is 0 Å². The van der Waals surface area contributed by atoms with Crippen molar-refractivity contribution in [2.45, 2.75) is 52.5 Å². The van der Waals surface area contributed by atoms with Gasteiger partial charge in [0.05, 0.1) is 13.2 Å². The maximum Gasteiger partial charge on any atom is 0.191 e. The Morgan fingerprint density at radius 2 is 1.89 bits per heavy atom. The van der Waals surface area contributed by atoms with Crippen molar-refractivity contribution in [2.24, 2.45) is 16.8 Å². The Kier molecular flexibility index (Phi) is 13.7. The summed E-state index contributed by atoms with van der Waals surface area (Å²) >= 11 is 0. The first-order valence-corrected chi connectivity index (χ1v) is 11.1. The van der Waals surface area contributed by atoms with Gasteiger partial charge in [0, 0.05) is 45.8 Å². The highest BCUT2D eigenvalue weighted by molar-refractivity contribution is 14.0. The lowest BCUT2D eigenvalue weighted by Crippen LogP contribution is -2.52. The lowest BCUT2D eigenvalue weighted by Gasteiger charge is -2.37. The second kappa shape index (κ2) is 14.8. The zero-order chi connectivity index (χ0) is 19.5. The van der Waals surface area contributed by atoms with Crippen LogP contribution in [0.2, 0.25) is 0 Å². The van der Waals surface area contributed by atoms with Crippen molar-refractivity contribution in [3.05, 3.63) is 0 Å². The molecule has 0 saturated carbocycles. The molecular formula is C21H44IN5O. The van der Waals surface area contributed by atoms with Crippen molar-refractivity contribution in [3.63, 3.8) is 0 Å². The SMILES string of the molecule is CN=C(NCCCCN1CCCC(C)C1)NCC(C(C)C)N1CCOCC1.I. The van der Waals surface area contributed by atoms with E-state index in [-0.39, 0.29) is 24.0 Å². The molecule has 2 aliphatic rings. The van der Waals surface area contributed by atoms with Gasteiger partial charge in [-0.15, -0.1) is 24.0 Å². The summed E-state index contributed by atoms with van der Waals surface area (Å²) in [6.07, 6.45) is 5.24. The van der Waals surface area contributed by atoms with Gasteiger partial charge >= 0.3 is 0 Å². The van der Waals surface area contributed by atoms with Gasteiger partial charge in [-0.25, -0.2) is 0 Å². The maximum absolute atomic E-state index is 5.50. The highest BCUT2D eigenvalue weighted by atomic mass is 127. The number of guanidine groups is 1. The van der Waals surface area contributed by atoms with Crippen molar-refractivity contribution in [3.8, 4) is 0 Å². The van der Waals surface area contributed by atoms with E-state index >= 15 is 0 Å². The second-order valence-corrected chi connectivity index (χ2v) is 8.59. The minimum atomic E-state index is 0. The number of hydrogen-bond acceptors (Lipinski definition) is 4. The largest absolute Gasteiger partial charge is 0.379 e. The van der Waals surface area contributed by atoms with Crippen LogP contribution in [0.15, 0.2) is 4.99 Å². The predicted molar refractivity (Wildman–Crippen MR) is 130 cm³/mol. The van der Waals surface area contributed by atoms with Crippen LogP contribution in [0.1, 0.15) is 46.5 Å². The molecule has 0 aromatic heterocycles. The van der Waals surface area contributed by atoms with Gasteiger partial charge < -0.3 is 20.3 Å². The summed E-state index contributed by atoms with van der Waals surface area (Å²) in [7, 11) is 1.86. The molecule has 2 heterocycles. The van der Waals surface area contributed by atoms with Gasteiger partial charge in [0.15, 0.2) is 5.96 Å². The van der Waals surface area contributed by atoms with Crippen molar-refractivity contribution < 1.29 is 4.74 Å². The first kappa shape index (κ1) is 25.9. The molecule has 0 radical (unpaired) electrons. The molecule has 28 heavy (non-hydrogen) atoms. The molecule has 6 nitrogen and oxygen atoms in total. The van der Waals surface area contributed by atoms with Gasteiger partial charge in [-0.2, -0.15) is 0 Å². The van der Waals surface area contributed by atoms with Crippen LogP contribution in [0.4, 0.5) is 0 Å². The van der Waals surface area contributed by atoms with Crippen LogP contribution in [0.3, 0.4) is 0 Å². The van der Waals surface area contributed by atoms with E-state index in [1.54, 1.807) is 0 Å². The molecule has 2 atom stereocenters. The fraction of sp³-hybridized carbons (Fsp3) is 0.952. The van der Waals surface area contributed by atoms with Crippen LogP contribution in [0.5, 0.6) is 0 Å². The smallest absolute Gasteiger partial charge is 0.191 e. The minimum absolute atomic E-state index is 0. The molecule has 0 bridgehead atoms. The van der Waals surface area contributed by atoms with Crippen LogP contribution in [-0.2, 0) is 4.74 Å². The number of likely N-dealkylation sites (tertiary alicyclic amines) is 1. The van der Waals surface area contributed by atoms with Crippen LogP contribution in [-0.4, -0.2) is 87.9 Å². The van der Waals surface area contributed by atoms with Crippen LogP contribution in [0.25, 0.3) is 0 Å². The lowest BCUT2D eigenvalue weighted by atomic mass is 10.0. The molecule has 2 fully saturated rings. The average molecular weight is 510 g/mol. The predicted octanol–water partition coefficient (Wildman–Crippen LogP) is 2.64. The van der Waals surface area contributed by atoms with E-state index in [1.807, 2.05) is 7.05 Å². The molecule has 0 aromatic carbocycles. The van der Waals surface area contributed by atoms with Crippen molar-refractivity contribution >= 4 is 29.9 Å². The number of piperidine rings is 1. The summed E-state index contributed by atoms with van der Waals surface area (Å²) in [6, 6.07) is 0.522. The Bertz CT molecular complexity index is 429. The van der Waals surface area contributed by atoms with E-state index in [2.05, 4.69) is 46.2 Å². The van der Waals surface area contributed by atoms with E-state index in [1.165, 1.54) is 45.3 Å². The highest BCUT2D eigenvalue weighted by Crippen LogP contribution is 2.15. The fourth-order valence-corrected chi connectivity index (χ4v) is 4.27. The number of nitrogens with zero attached hydrogens (tertiary/aromatic N) is 3. The summed E-state index contributed by atoms with van der Waals surface area (Å²) in [5.41, 5.74) is 0. The molecule has 0 aliphatic carbocycles. The summed E-state index contributed by atoms with van der Waals surface area (Å²) < 4.78 is 5.50. The Balaban J connectivity index is 0.00000392. The van der Waals surface area contributed by atoms with E-state index < -0.39 is 0 Å². The molecule has 0 aromatic rings. The Morgan fingerprint density at radius 1 is 1.14 bits per heavy atom. The minimum Gasteiger partial charge on any atom is -0.379 e. The Hall–Kier alpha value is -0.120. The van der Waals surface area contributed by atoms with Gasteiger partial charge in [0.2, 0.25) is 0 Å². The number of unbranched alkanes of at least 4 members (excludes halogenated alkanes) is 1. The highest BCUT2D eigenvalue weighted by Gasteiger charge is 2.23. The van der Waals surface area contributed by atoms with Gasteiger partial charge in [-0.3, -0.25) is 9.89 Å². The van der Waals surface area contributed by atoms with E-state index in [0.717, 1.165) is 51.3 Å². The standard InChI is InChI=1S/C21H43N5O.HI/c1-18(2)20(26-12-14-27-15-13-26)16-24-21(22-4)23-9-5-6-10-25-11-7-8-19(3)17-25;/h18-20H,5-17H2,1-4H3,(H2,22,23,24);1H.